The molecule has 1 saturated heterocycles. The van der Waals surface area contributed by atoms with Gasteiger partial charge in [-0.05, 0) is 19.8 Å². The largest absolute Gasteiger partial charge is 0.394 e. The number of aromatic nitrogens is 1. The van der Waals surface area contributed by atoms with Gasteiger partial charge >= 0.3 is 0 Å². The van der Waals surface area contributed by atoms with E-state index in [2.05, 4.69) is 10.1 Å². The highest BCUT2D eigenvalue weighted by Crippen LogP contribution is 2.16. The number of aliphatic hydroxyl groups is 1. The Kier molecular flexibility index (Phi) is 4.53. The van der Waals surface area contributed by atoms with Crippen molar-refractivity contribution in [3.63, 3.8) is 0 Å². The van der Waals surface area contributed by atoms with E-state index in [0.29, 0.717) is 12.7 Å². The minimum atomic E-state index is 0.110. The van der Waals surface area contributed by atoms with E-state index in [1.54, 1.807) is 0 Å². The van der Waals surface area contributed by atoms with Crippen molar-refractivity contribution in [2.75, 3.05) is 26.3 Å². The number of hydrogen-bond acceptors (Lipinski definition) is 5. The first-order valence-electron chi connectivity index (χ1n) is 6.15. The molecule has 17 heavy (non-hydrogen) atoms. The predicted octanol–water partition coefficient (Wildman–Crippen LogP) is 0.956. The first-order chi connectivity index (χ1) is 8.28. The van der Waals surface area contributed by atoms with Gasteiger partial charge in [-0.2, -0.15) is 0 Å². The predicted molar refractivity (Wildman–Crippen MR) is 62.6 cm³/mol. The highest BCUT2D eigenvalue weighted by Gasteiger charge is 2.20. The van der Waals surface area contributed by atoms with Crippen molar-refractivity contribution in [2.45, 2.75) is 32.4 Å². The third kappa shape index (κ3) is 3.80. The molecule has 1 aliphatic heterocycles. The third-order valence-electron chi connectivity index (χ3n) is 3.04. The van der Waals surface area contributed by atoms with E-state index in [-0.39, 0.29) is 6.61 Å². The van der Waals surface area contributed by atoms with Crippen molar-refractivity contribution >= 4 is 0 Å². The summed E-state index contributed by atoms with van der Waals surface area (Å²) in [4.78, 5) is 2.36. The lowest BCUT2D eigenvalue weighted by Crippen LogP contribution is -2.36. The van der Waals surface area contributed by atoms with E-state index in [1.807, 2.05) is 13.0 Å². The van der Waals surface area contributed by atoms with Gasteiger partial charge in [0.15, 0.2) is 0 Å². The normalized spacial score (nSPS) is 18.7. The minimum absolute atomic E-state index is 0.110. The Balaban J connectivity index is 1.72. The molecule has 0 bridgehead atoms. The summed E-state index contributed by atoms with van der Waals surface area (Å²) in [6.07, 6.45) is 2.35. The van der Waals surface area contributed by atoms with Crippen molar-refractivity contribution in [2.24, 2.45) is 0 Å². The molecule has 1 fully saturated rings. The Morgan fingerprint density at radius 2 is 2.29 bits per heavy atom. The number of rotatable bonds is 5. The molecule has 0 amide bonds. The first kappa shape index (κ1) is 12.5. The number of likely N-dealkylation sites (tertiary alicyclic amines) is 1. The number of piperidine rings is 1. The van der Waals surface area contributed by atoms with E-state index in [9.17, 15) is 0 Å². The summed E-state index contributed by atoms with van der Waals surface area (Å²) in [5.41, 5.74) is 0.997. The summed E-state index contributed by atoms with van der Waals surface area (Å²) in [6, 6.07) is 1.98. The molecule has 1 aromatic rings. The zero-order valence-electron chi connectivity index (χ0n) is 10.3. The number of aliphatic hydroxyl groups excluding tert-OH is 1. The van der Waals surface area contributed by atoms with Gasteiger partial charge in [0.25, 0.3) is 0 Å². The molecule has 0 spiro atoms. The van der Waals surface area contributed by atoms with Gasteiger partial charge in [0.2, 0.25) is 0 Å². The zero-order valence-corrected chi connectivity index (χ0v) is 10.3. The van der Waals surface area contributed by atoms with Crippen LogP contribution in [0.4, 0.5) is 0 Å². The number of nitrogens with zero attached hydrogens (tertiary/aromatic N) is 2. The van der Waals surface area contributed by atoms with Crippen LogP contribution in [-0.2, 0) is 11.3 Å². The summed E-state index contributed by atoms with van der Waals surface area (Å²) in [6.45, 7) is 5.35. The highest BCUT2D eigenvalue weighted by atomic mass is 16.5. The Bertz CT molecular complexity index is 332. The minimum Gasteiger partial charge on any atom is -0.394 e. The first-order valence-corrected chi connectivity index (χ1v) is 6.15. The van der Waals surface area contributed by atoms with Crippen LogP contribution in [0.5, 0.6) is 0 Å². The van der Waals surface area contributed by atoms with E-state index < -0.39 is 0 Å². The zero-order chi connectivity index (χ0) is 12.1. The summed E-state index contributed by atoms with van der Waals surface area (Å²) < 4.78 is 10.6. The van der Waals surface area contributed by atoms with Crippen LogP contribution < -0.4 is 0 Å². The van der Waals surface area contributed by atoms with Crippen molar-refractivity contribution in [3.8, 4) is 0 Å². The maximum atomic E-state index is 8.69. The van der Waals surface area contributed by atoms with Crippen molar-refractivity contribution < 1.29 is 14.4 Å². The molecule has 1 N–H and O–H groups in total. The summed E-state index contributed by atoms with van der Waals surface area (Å²) >= 11 is 0. The quantitative estimate of drug-likeness (QED) is 0.830. The lowest BCUT2D eigenvalue weighted by Gasteiger charge is -2.31. The Labute approximate surface area is 101 Å². The Hall–Kier alpha value is -0.910. The molecule has 0 unspecified atom stereocenters. The van der Waals surface area contributed by atoms with E-state index >= 15 is 0 Å². The van der Waals surface area contributed by atoms with Gasteiger partial charge in [0, 0.05) is 25.7 Å². The average molecular weight is 240 g/mol. The van der Waals surface area contributed by atoms with Gasteiger partial charge < -0.3 is 14.4 Å². The molecule has 5 heteroatoms. The van der Waals surface area contributed by atoms with Gasteiger partial charge in [-0.15, -0.1) is 0 Å². The van der Waals surface area contributed by atoms with Crippen molar-refractivity contribution in [1.29, 1.82) is 0 Å². The van der Waals surface area contributed by atoms with Crippen molar-refractivity contribution in [1.82, 2.24) is 10.1 Å². The lowest BCUT2D eigenvalue weighted by molar-refractivity contribution is -0.00930. The standard InChI is InChI=1S/C12H20N2O3/c1-10-8-11(13-17-10)9-14-4-2-12(3-5-14)16-7-6-15/h8,12,15H,2-7,9H2,1H3. The van der Waals surface area contributed by atoms with E-state index in [0.717, 1.165) is 43.9 Å². The summed E-state index contributed by atoms with van der Waals surface area (Å²) in [5, 5.41) is 12.7. The average Bonchev–Trinajstić information content (AvgIpc) is 2.74. The molecule has 0 aromatic carbocycles. The van der Waals surface area contributed by atoms with Gasteiger partial charge in [0.05, 0.1) is 25.0 Å². The van der Waals surface area contributed by atoms with Crippen LogP contribution in [0.15, 0.2) is 10.6 Å². The molecule has 96 valence electrons. The maximum Gasteiger partial charge on any atom is 0.133 e. The van der Waals surface area contributed by atoms with Crippen LogP contribution >= 0.6 is 0 Å². The monoisotopic (exact) mass is 240 g/mol. The second-order valence-corrected chi connectivity index (χ2v) is 4.50. The molecule has 2 heterocycles. The number of aryl methyl sites for hydroxylation is 1. The fourth-order valence-corrected chi connectivity index (χ4v) is 2.17. The van der Waals surface area contributed by atoms with Crippen LogP contribution in [0.2, 0.25) is 0 Å². The number of ether oxygens (including phenoxy) is 1. The van der Waals surface area contributed by atoms with Crippen LogP contribution in [0, 0.1) is 6.92 Å². The lowest BCUT2D eigenvalue weighted by atomic mass is 10.1. The molecular formula is C12H20N2O3. The molecule has 0 atom stereocenters. The van der Waals surface area contributed by atoms with Crippen LogP contribution in [0.3, 0.4) is 0 Å². The van der Waals surface area contributed by atoms with Crippen molar-refractivity contribution in [3.05, 3.63) is 17.5 Å². The summed E-state index contributed by atoms with van der Waals surface area (Å²) in [7, 11) is 0. The van der Waals surface area contributed by atoms with Gasteiger partial charge in [0.1, 0.15) is 5.76 Å². The van der Waals surface area contributed by atoms with Crippen LogP contribution in [0.25, 0.3) is 0 Å². The fourth-order valence-electron chi connectivity index (χ4n) is 2.17. The number of hydrogen-bond donors (Lipinski definition) is 1. The van der Waals surface area contributed by atoms with Gasteiger partial charge in [-0.3, -0.25) is 4.90 Å². The van der Waals surface area contributed by atoms with E-state index in [4.69, 9.17) is 14.4 Å². The Morgan fingerprint density at radius 3 is 2.88 bits per heavy atom. The third-order valence-corrected chi connectivity index (χ3v) is 3.04. The highest BCUT2D eigenvalue weighted by molar-refractivity contribution is 5.03. The fraction of sp³-hybridized carbons (Fsp3) is 0.750. The summed E-state index contributed by atoms with van der Waals surface area (Å²) in [5.74, 6) is 0.862. The van der Waals surface area contributed by atoms with E-state index in [1.165, 1.54) is 0 Å². The van der Waals surface area contributed by atoms with Crippen LogP contribution in [0.1, 0.15) is 24.3 Å². The smallest absolute Gasteiger partial charge is 0.133 e. The topological polar surface area (TPSA) is 58.7 Å². The molecule has 1 aromatic heterocycles. The Morgan fingerprint density at radius 1 is 1.53 bits per heavy atom. The molecule has 5 nitrogen and oxygen atoms in total. The molecule has 2 rings (SSSR count). The SMILES string of the molecule is Cc1cc(CN2CCC(OCCO)CC2)no1. The second-order valence-electron chi connectivity index (χ2n) is 4.50. The molecule has 0 aliphatic carbocycles. The second kappa shape index (κ2) is 6.14. The molecular weight excluding hydrogens is 220 g/mol. The molecule has 0 radical (unpaired) electrons. The molecule has 1 aliphatic rings. The van der Waals surface area contributed by atoms with Gasteiger partial charge in [-0.25, -0.2) is 0 Å². The van der Waals surface area contributed by atoms with Gasteiger partial charge in [-0.1, -0.05) is 5.16 Å². The molecule has 0 saturated carbocycles. The van der Waals surface area contributed by atoms with Crippen LogP contribution in [-0.4, -0.2) is 47.6 Å². The maximum absolute atomic E-state index is 8.69.